The van der Waals surface area contributed by atoms with E-state index in [-0.39, 0.29) is 5.54 Å². The van der Waals surface area contributed by atoms with E-state index in [1.54, 1.807) is 5.57 Å². The summed E-state index contributed by atoms with van der Waals surface area (Å²) < 4.78 is 0. The fourth-order valence-electron chi connectivity index (χ4n) is 4.00. The lowest BCUT2D eigenvalue weighted by molar-refractivity contribution is 0.0861. The molecule has 0 N–H and O–H groups in total. The predicted molar refractivity (Wildman–Crippen MR) is 72.5 cm³/mol. The van der Waals surface area contributed by atoms with Gasteiger partial charge in [-0.2, -0.15) is 0 Å². The minimum atomic E-state index is -0.0900. The molecule has 1 saturated carbocycles. The summed E-state index contributed by atoms with van der Waals surface area (Å²) in [5, 5.41) is 0. The van der Waals surface area contributed by atoms with Gasteiger partial charge in [-0.1, -0.05) is 25.5 Å². The van der Waals surface area contributed by atoms with Crippen molar-refractivity contribution >= 4 is 0 Å². The van der Waals surface area contributed by atoms with Crippen LogP contribution in [-0.4, -0.2) is 5.54 Å². The van der Waals surface area contributed by atoms with Crippen molar-refractivity contribution in [3.05, 3.63) is 23.1 Å². The quantitative estimate of drug-likeness (QED) is 0.455. The first-order valence-corrected chi connectivity index (χ1v) is 7.04. The first kappa shape index (κ1) is 12.7. The van der Waals surface area contributed by atoms with Crippen molar-refractivity contribution in [1.29, 1.82) is 0 Å². The molecular weight excluding hydrogens is 206 g/mol. The Labute approximate surface area is 106 Å². The van der Waals surface area contributed by atoms with Crippen LogP contribution in [0.3, 0.4) is 0 Å². The fourth-order valence-corrected chi connectivity index (χ4v) is 4.00. The van der Waals surface area contributed by atoms with Gasteiger partial charge in [-0.3, -0.25) is 0 Å². The van der Waals surface area contributed by atoms with Gasteiger partial charge in [-0.05, 0) is 43.9 Å². The first-order chi connectivity index (χ1) is 7.98. The summed E-state index contributed by atoms with van der Waals surface area (Å²) in [6.45, 7) is 16.7. The number of allylic oxidation sites excluding steroid dienone is 2. The van der Waals surface area contributed by atoms with E-state index in [0.717, 1.165) is 18.3 Å². The van der Waals surface area contributed by atoms with Crippen LogP contribution in [0.5, 0.6) is 0 Å². The smallest absolute Gasteiger partial charge is 0.233 e. The second-order valence-electron chi connectivity index (χ2n) is 6.65. The largest absolute Gasteiger partial charge is 0.310 e. The molecule has 0 aliphatic heterocycles. The molecule has 1 heteroatoms. The van der Waals surface area contributed by atoms with Crippen molar-refractivity contribution in [1.82, 2.24) is 0 Å². The van der Waals surface area contributed by atoms with Gasteiger partial charge in [0, 0.05) is 19.3 Å². The summed E-state index contributed by atoms with van der Waals surface area (Å²) in [6.07, 6.45) is 7.28. The molecule has 0 spiro atoms. The van der Waals surface area contributed by atoms with E-state index < -0.39 is 0 Å². The van der Waals surface area contributed by atoms with Crippen molar-refractivity contribution in [2.75, 3.05) is 0 Å². The van der Waals surface area contributed by atoms with Crippen LogP contribution in [0, 0.1) is 30.2 Å². The maximum absolute atomic E-state index is 7.54. The highest BCUT2D eigenvalue weighted by atomic mass is 14.8. The van der Waals surface area contributed by atoms with Crippen molar-refractivity contribution in [2.24, 2.45) is 23.7 Å². The average molecular weight is 231 g/mol. The molecule has 17 heavy (non-hydrogen) atoms. The van der Waals surface area contributed by atoms with Crippen LogP contribution in [0.4, 0.5) is 0 Å². The van der Waals surface area contributed by atoms with Crippen molar-refractivity contribution in [3.8, 4) is 0 Å². The Morgan fingerprint density at radius 3 is 2.71 bits per heavy atom. The van der Waals surface area contributed by atoms with Gasteiger partial charge in [0.1, 0.15) is 0 Å². The zero-order valence-electron chi connectivity index (χ0n) is 11.7. The third-order valence-corrected chi connectivity index (χ3v) is 5.18. The normalized spacial score (nSPS) is 41.6. The lowest BCUT2D eigenvalue weighted by atomic mass is 9.57. The molecule has 0 saturated heterocycles. The summed E-state index contributed by atoms with van der Waals surface area (Å²) in [7, 11) is 0. The molecule has 0 radical (unpaired) electrons. The van der Waals surface area contributed by atoms with E-state index in [1.807, 2.05) is 0 Å². The van der Waals surface area contributed by atoms with Gasteiger partial charge >= 0.3 is 0 Å². The molecule has 0 aromatic heterocycles. The SMILES string of the molecule is [C-]#[N+][C@@]1(C)CC[C@@H](C(C)C)[C@@H]2C=C(C)CC[C@H]21. The highest BCUT2D eigenvalue weighted by Gasteiger charge is 2.51. The van der Waals surface area contributed by atoms with Crippen molar-refractivity contribution < 1.29 is 0 Å². The Bertz CT molecular complexity index is 360. The Morgan fingerprint density at radius 1 is 1.41 bits per heavy atom. The van der Waals surface area contributed by atoms with Gasteiger partial charge in [0.05, 0.1) is 0 Å². The third kappa shape index (κ3) is 2.15. The summed E-state index contributed by atoms with van der Waals surface area (Å²) in [6, 6.07) is 0. The van der Waals surface area contributed by atoms with Gasteiger partial charge in [-0.25, -0.2) is 6.57 Å². The van der Waals surface area contributed by atoms with Crippen LogP contribution in [0.2, 0.25) is 0 Å². The standard InChI is InChI=1S/C16H25N/c1-11(2)13-8-9-16(4,17-5)15-7-6-12(3)10-14(13)15/h10-11,13-15H,6-9H2,1-4H3/t13-,14-,15+,16-/m0/s1. The summed E-state index contributed by atoms with van der Waals surface area (Å²) in [4.78, 5) is 4.00. The molecule has 0 bridgehead atoms. The summed E-state index contributed by atoms with van der Waals surface area (Å²) >= 11 is 0. The van der Waals surface area contributed by atoms with Gasteiger partial charge < -0.3 is 4.85 Å². The molecule has 4 atom stereocenters. The topological polar surface area (TPSA) is 4.36 Å². The van der Waals surface area contributed by atoms with Gasteiger partial charge in [-0.15, -0.1) is 0 Å². The Balaban J connectivity index is 2.33. The highest BCUT2D eigenvalue weighted by Crippen LogP contribution is 2.51. The van der Waals surface area contributed by atoms with Crippen LogP contribution in [0.1, 0.15) is 53.4 Å². The molecule has 1 fully saturated rings. The highest BCUT2D eigenvalue weighted by molar-refractivity contribution is 5.17. The lowest BCUT2D eigenvalue weighted by Crippen LogP contribution is -2.46. The lowest BCUT2D eigenvalue weighted by Gasteiger charge is -2.45. The molecule has 1 nitrogen and oxygen atoms in total. The van der Waals surface area contributed by atoms with Gasteiger partial charge in [0.25, 0.3) is 0 Å². The number of rotatable bonds is 1. The first-order valence-electron chi connectivity index (χ1n) is 7.04. The van der Waals surface area contributed by atoms with Crippen LogP contribution in [0.15, 0.2) is 11.6 Å². The maximum Gasteiger partial charge on any atom is 0.233 e. The van der Waals surface area contributed by atoms with Crippen LogP contribution < -0.4 is 0 Å². The molecular formula is C16H25N. The predicted octanol–water partition coefficient (Wildman–Crippen LogP) is 4.70. The van der Waals surface area contributed by atoms with Crippen molar-refractivity contribution in [3.63, 3.8) is 0 Å². The van der Waals surface area contributed by atoms with Gasteiger partial charge in [0.15, 0.2) is 0 Å². The Hall–Kier alpha value is -0.770. The summed E-state index contributed by atoms with van der Waals surface area (Å²) in [5.41, 5.74) is 1.46. The zero-order chi connectivity index (χ0) is 12.6. The monoisotopic (exact) mass is 231 g/mol. The van der Waals surface area contributed by atoms with E-state index in [4.69, 9.17) is 6.57 Å². The fraction of sp³-hybridized carbons (Fsp3) is 0.812. The van der Waals surface area contributed by atoms with Crippen LogP contribution >= 0.6 is 0 Å². The van der Waals surface area contributed by atoms with Gasteiger partial charge in [0.2, 0.25) is 5.54 Å². The molecule has 0 aromatic rings. The minimum absolute atomic E-state index is 0.0900. The molecule has 94 valence electrons. The maximum atomic E-state index is 7.54. The van der Waals surface area contributed by atoms with Crippen LogP contribution in [-0.2, 0) is 0 Å². The second kappa shape index (κ2) is 4.48. The van der Waals surface area contributed by atoms with E-state index in [1.165, 1.54) is 19.3 Å². The van der Waals surface area contributed by atoms with E-state index in [9.17, 15) is 0 Å². The van der Waals surface area contributed by atoms with Crippen molar-refractivity contribution in [2.45, 2.75) is 58.9 Å². The molecule has 0 aromatic carbocycles. The third-order valence-electron chi connectivity index (χ3n) is 5.18. The Morgan fingerprint density at radius 2 is 2.12 bits per heavy atom. The molecule has 0 amide bonds. The Kier molecular flexibility index (Phi) is 3.34. The molecule has 2 rings (SSSR count). The number of hydrogen-bond donors (Lipinski definition) is 0. The zero-order valence-corrected chi connectivity index (χ0v) is 11.7. The second-order valence-corrected chi connectivity index (χ2v) is 6.65. The molecule has 0 unspecified atom stereocenters. The van der Waals surface area contributed by atoms with E-state index in [0.29, 0.717) is 11.8 Å². The number of hydrogen-bond acceptors (Lipinski definition) is 0. The molecule has 0 heterocycles. The average Bonchev–Trinajstić information content (AvgIpc) is 2.28. The molecule has 2 aliphatic carbocycles. The minimum Gasteiger partial charge on any atom is -0.310 e. The van der Waals surface area contributed by atoms with E-state index >= 15 is 0 Å². The van der Waals surface area contributed by atoms with E-state index in [2.05, 4.69) is 38.6 Å². The number of nitrogens with zero attached hydrogens (tertiary/aromatic N) is 1. The number of fused-ring (bicyclic) bond motifs is 1. The van der Waals surface area contributed by atoms with Crippen LogP contribution in [0.25, 0.3) is 4.85 Å². The molecule has 2 aliphatic rings. The summed E-state index contributed by atoms with van der Waals surface area (Å²) in [5.74, 6) is 2.81.